The maximum Gasteiger partial charge on any atom is 0.125 e. The van der Waals surface area contributed by atoms with Crippen LogP contribution in [-0.4, -0.2) is 48.0 Å². The summed E-state index contributed by atoms with van der Waals surface area (Å²) in [6.45, 7) is 4.21. The monoisotopic (exact) mass is 329 g/mol. The number of furan rings is 1. The molecule has 4 nitrogen and oxygen atoms in total. The van der Waals surface area contributed by atoms with E-state index in [-0.39, 0.29) is 6.04 Å². The molecule has 23 heavy (non-hydrogen) atoms. The van der Waals surface area contributed by atoms with Crippen molar-refractivity contribution >= 4 is 22.5 Å². The fourth-order valence-corrected chi connectivity index (χ4v) is 3.58. The molecule has 0 bridgehead atoms. The minimum Gasteiger partial charge on any atom is -0.467 e. The SMILES string of the molecule is CN1CCN(C(c2ccco2)c2c[nH]c3cc(Cl)ccc23)CC1. The summed E-state index contributed by atoms with van der Waals surface area (Å²) in [4.78, 5) is 8.22. The zero-order valence-corrected chi connectivity index (χ0v) is 13.9. The number of nitrogens with one attached hydrogen (secondary N) is 1. The number of piperazine rings is 1. The van der Waals surface area contributed by atoms with Crippen LogP contribution in [0.3, 0.4) is 0 Å². The molecule has 4 rings (SSSR count). The summed E-state index contributed by atoms with van der Waals surface area (Å²) in [5, 5.41) is 1.95. The van der Waals surface area contributed by atoms with E-state index in [2.05, 4.69) is 40.2 Å². The van der Waals surface area contributed by atoms with Gasteiger partial charge in [0.15, 0.2) is 0 Å². The molecule has 1 saturated heterocycles. The van der Waals surface area contributed by atoms with Crippen LogP contribution in [0.25, 0.3) is 10.9 Å². The number of hydrogen-bond donors (Lipinski definition) is 1. The van der Waals surface area contributed by atoms with Gasteiger partial charge in [-0.15, -0.1) is 0 Å². The average molecular weight is 330 g/mol. The summed E-state index contributed by atoms with van der Waals surface area (Å²) >= 11 is 6.12. The summed E-state index contributed by atoms with van der Waals surface area (Å²) in [6, 6.07) is 10.2. The van der Waals surface area contributed by atoms with Crippen LogP contribution in [0.4, 0.5) is 0 Å². The lowest BCUT2D eigenvalue weighted by Gasteiger charge is -2.37. The predicted molar refractivity (Wildman–Crippen MR) is 92.9 cm³/mol. The second kappa shape index (κ2) is 6.04. The number of aromatic nitrogens is 1. The predicted octanol–water partition coefficient (Wildman–Crippen LogP) is 3.75. The second-order valence-electron chi connectivity index (χ2n) is 6.19. The van der Waals surface area contributed by atoms with Crippen LogP contribution in [0, 0.1) is 0 Å². The smallest absolute Gasteiger partial charge is 0.125 e. The maximum atomic E-state index is 6.12. The molecule has 0 radical (unpaired) electrons. The highest BCUT2D eigenvalue weighted by Gasteiger charge is 2.29. The van der Waals surface area contributed by atoms with Crippen molar-refractivity contribution < 1.29 is 4.42 Å². The van der Waals surface area contributed by atoms with E-state index in [4.69, 9.17) is 16.0 Å². The lowest BCUT2D eigenvalue weighted by Crippen LogP contribution is -2.46. The van der Waals surface area contributed by atoms with Gasteiger partial charge in [-0.3, -0.25) is 4.90 Å². The van der Waals surface area contributed by atoms with E-state index in [1.807, 2.05) is 18.2 Å². The molecule has 1 unspecified atom stereocenters. The van der Waals surface area contributed by atoms with E-state index < -0.39 is 0 Å². The molecule has 1 aliphatic rings. The molecule has 1 N–H and O–H groups in total. The van der Waals surface area contributed by atoms with E-state index in [1.54, 1.807) is 6.26 Å². The van der Waals surface area contributed by atoms with Crippen molar-refractivity contribution in [1.29, 1.82) is 0 Å². The van der Waals surface area contributed by atoms with Gasteiger partial charge in [0.25, 0.3) is 0 Å². The third kappa shape index (κ3) is 2.78. The first-order chi connectivity index (χ1) is 11.2. The molecular weight excluding hydrogens is 310 g/mol. The lowest BCUT2D eigenvalue weighted by atomic mass is 10.0. The molecule has 1 atom stereocenters. The van der Waals surface area contributed by atoms with Gasteiger partial charge in [-0.2, -0.15) is 0 Å². The molecule has 1 aliphatic heterocycles. The third-order valence-corrected chi connectivity index (χ3v) is 4.92. The van der Waals surface area contributed by atoms with Gasteiger partial charge < -0.3 is 14.3 Å². The highest BCUT2D eigenvalue weighted by atomic mass is 35.5. The average Bonchev–Trinajstić information content (AvgIpc) is 3.20. The van der Waals surface area contributed by atoms with Crippen LogP contribution in [-0.2, 0) is 0 Å². The van der Waals surface area contributed by atoms with Crippen LogP contribution in [0.5, 0.6) is 0 Å². The minimum absolute atomic E-state index is 0.133. The van der Waals surface area contributed by atoms with Gasteiger partial charge in [-0.1, -0.05) is 17.7 Å². The molecule has 0 spiro atoms. The zero-order valence-electron chi connectivity index (χ0n) is 13.1. The van der Waals surface area contributed by atoms with Gasteiger partial charge in [-0.25, -0.2) is 0 Å². The van der Waals surface area contributed by atoms with Crippen LogP contribution in [0.1, 0.15) is 17.4 Å². The van der Waals surface area contributed by atoms with Gasteiger partial charge >= 0.3 is 0 Å². The Hall–Kier alpha value is -1.75. The number of aromatic amines is 1. The van der Waals surface area contributed by atoms with Crippen molar-refractivity contribution in [3.8, 4) is 0 Å². The number of hydrogen-bond acceptors (Lipinski definition) is 3. The topological polar surface area (TPSA) is 35.4 Å². The molecule has 3 aromatic rings. The third-order valence-electron chi connectivity index (χ3n) is 4.69. The standard InChI is InChI=1S/C18H20ClN3O/c1-21-6-8-22(9-7-21)18(17-3-2-10-23-17)15-12-20-16-11-13(19)4-5-14(15)16/h2-5,10-12,18,20H,6-9H2,1H3. The fourth-order valence-electron chi connectivity index (χ4n) is 3.40. The lowest BCUT2D eigenvalue weighted by molar-refractivity contribution is 0.118. The minimum atomic E-state index is 0.133. The Morgan fingerprint density at radius 3 is 2.74 bits per heavy atom. The molecule has 5 heteroatoms. The number of H-pyrrole nitrogens is 1. The van der Waals surface area contributed by atoms with Crippen molar-refractivity contribution in [3.63, 3.8) is 0 Å². The van der Waals surface area contributed by atoms with Gasteiger partial charge in [0.05, 0.1) is 12.3 Å². The van der Waals surface area contributed by atoms with E-state index in [0.717, 1.165) is 42.5 Å². The Morgan fingerprint density at radius 1 is 1.17 bits per heavy atom. The maximum absolute atomic E-state index is 6.12. The number of benzene rings is 1. The second-order valence-corrected chi connectivity index (χ2v) is 6.63. The van der Waals surface area contributed by atoms with Crippen LogP contribution in [0.15, 0.2) is 47.2 Å². The molecule has 120 valence electrons. The number of fused-ring (bicyclic) bond motifs is 1. The number of nitrogens with zero attached hydrogens (tertiary/aromatic N) is 2. The van der Waals surface area contributed by atoms with E-state index in [1.165, 1.54) is 10.9 Å². The van der Waals surface area contributed by atoms with Crippen molar-refractivity contribution in [2.75, 3.05) is 33.2 Å². The van der Waals surface area contributed by atoms with Gasteiger partial charge in [0.2, 0.25) is 0 Å². The summed E-state index contributed by atoms with van der Waals surface area (Å²) in [7, 11) is 2.17. The van der Waals surface area contributed by atoms with E-state index >= 15 is 0 Å². The van der Waals surface area contributed by atoms with Crippen LogP contribution < -0.4 is 0 Å². The zero-order chi connectivity index (χ0) is 15.8. The first-order valence-electron chi connectivity index (χ1n) is 7.95. The number of halogens is 1. The van der Waals surface area contributed by atoms with E-state index in [0.29, 0.717) is 0 Å². The van der Waals surface area contributed by atoms with Crippen molar-refractivity contribution in [2.45, 2.75) is 6.04 Å². The Kier molecular flexibility index (Phi) is 3.89. The normalized spacial score (nSPS) is 18.5. The van der Waals surface area contributed by atoms with Gasteiger partial charge in [0, 0.05) is 53.9 Å². The Balaban J connectivity index is 1.78. The summed E-state index contributed by atoms with van der Waals surface area (Å²) in [5.41, 5.74) is 2.31. The molecule has 2 aromatic heterocycles. The largest absolute Gasteiger partial charge is 0.467 e. The number of likely N-dealkylation sites (N-methyl/N-ethyl adjacent to an activating group) is 1. The molecule has 3 heterocycles. The quantitative estimate of drug-likeness (QED) is 0.795. The Morgan fingerprint density at radius 2 is 2.00 bits per heavy atom. The fraction of sp³-hybridized carbons (Fsp3) is 0.333. The van der Waals surface area contributed by atoms with Crippen LogP contribution in [0.2, 0.25) is 5.02 Å². The van der Waals surface area contributed by atoms with Crippen LogP contribution >= 0.6 is 11.6 Å². The Labute approximate surface area is 140 Å². The van der Waals surface area contributed by atoms with Crippen molar-refractivity contribution in [2.24, 2.45) is 0 Å². The van der Waals surface area contributed by atoms with Gasteiger partial charge in [0.1, 0.15) is 5.76 Å². The van der Waals surface area contributed by atoms with E-state index in [9.17, 15) is 0 Å². The molecule has 1 aromatic carbocycles. The highest BCUT2D eigenvalue weighted by Crippen LogP contribution is 2.35. The van der Waals surface area contributed by atoms with Gasteiger partial charge in [-0.05, 0) is 31.3 Å². The first-order valence-corrected chi connectivity index (χ1v) is 8.33. The molecule has 1 fully saturated rings. The summed E-state index contributed by atoms with van der Waals surface area (Å²) in [6.07, 6.45) is 3.84. The summed E-state index contributed by atoms with van der Waals surface area (Å²) < 4.78 is 5.78. The molecule has 0 aliphatic carbocycles. The van der Waals surface area contributed by atoms with Crippen molar-refractivity contribution in [1.82, 2.24) is 14.8 Å². The molecule has 0 saturated carbocycles. The Bertz CT molecular complexity index is 788. The number of rotatable bonds is 3. The van der Waals surface area contributed by atoms with Crippen molar-refractivity contribution in [3.05, 3.63) is 59.1 Å². The highest BCUT2D eigenvalue weighted by molar-refractivity contribution is 6.31. The molecule has 0 amide bonds. The molecular formula is C18H20ClN3O. The first kappa shape index (κ1) is 14.8. The summed E-state index contributed by atoms with van der Waals surface area (Å²) in [5.74, 6) is 0.991.